The number of hydrogen-bond donors (Lipinski definition) is 2. The molecular weight excluding hydrogens is 318 g/mol. The molecule has 1 aromatic rings. The third-order valence-corrected chi connectivity index (χ3v) is 3.52. The molecule has 1 aliphatic rings. The molecule has 0 saturated heterocycles. The molecule has 2 amide bonds. The van der Waals surface area contributed by atoms with Gasteiger partial charge in [-0.1, -0.05) is 6.07 Å². The number of benzene rings is 1. The van der Waals surface area contributed by atoms with Crippen LogP contribution in [0.5, 0.6) is 0 Å². The average molecular weight is 333 g/mol. The minimum atomic E-state index is -1.04. The highest BCUT2D eigenvalue weighted by Gasteiger charge is 2.36. The van der Waals surface area contributed by atoms with E-state index in [9.17, 15) is 24.5 Å². The van der Waals surface area contributed by atoms with Gasteiger partial charge >= 0.3 is 5.97 Å². The van der Waals surface area contributed by atoms with Crippen LogP contribution in [0.15, 0.2) is 35.5 Å². The fourth-order valence-electron chi connectivity index (χ4n) is 2.43. The van der Waals surface area contributed by atoms with Gasteiger partial charge in [-0.05, 0) is 13.0 Å². The van der Waals surface area contributed by atoms with E-state index < -0.39 is 28.6 Å². The van der Waals surface area contributed by atoms with E-state index in [0.717, 1.165) is 0 Å². The van der Waals surface area contributed by atoms with E-state index in [1.165, 1.54) is 38.3 Å². The summed E-state index contributed by atoms with van der Waals surface area (Å²) in [5, 5.41) is 15.8. The second kappa shape index (κ2) is 6.90. The van der Waals surface area contributed by atoms with Gasteiger partial charge in [0.2, 0.25) is 11.8 Å². The standard InChI is InChI=1S/C15H15N3O6/c1-8-13(15(21)24-2)11(7-12(19)16-8)14(20)17-9-4-3-5-10(6-9)18(22)23/h3-6,11H,7H2,1-2H3,(H,16,19)(H,17,20)/t11-/m0/s1. The molecular formula is C15H15N3O6. The Bertz CT molecular complexity index is 755. The molecule has 0 bridgehead atoms. The van der Waals surface area contributed by atoms with Crippen molar-refractivity contribution in [2.24, 2.45) is 5.92 Å². The van der Waals surface area contributed by atoms with Gasteiger partial charge in [0.1, 0.15) is 0 Å². The highest BCUT2D eigenvalue weighted by molar-refractivity contribution is 6.06. The van der Waals surface area contributed by atoms with Crippen molar-refractivity contribution in [3.05, 3.63) is 45.6 Å². The molecule has 0 fully saturated rings. The Morgan fingerprint density at radius 3 is 2.75 bits per heavy atom. The minimum Gasteiger partial charge on any atom is -0.466 e. The lowest BCUT2D eigenvalue weighted by atomic mass is 9.89. The molecule has 24 heavy (non-hydrogen) atoms. The molecule has 0 unspecified atom stereocenters. The summed E-state index contributed by atoms with van der Waals surface area (Å²) in [4.78, 5) is 46.2. The maximum Gasteiger partial charge on any atom is 0.336 e. The maximum atomic E-state index is 12.5. The smallest absolute Gasteiger partial charge is 0.336 e. The van der Waals surface area contributed by atoms with Gasteiger partial charge in [-0.3, -0.25) is 19.7 Å². The van der Waals surface area contributed by atoms with Crippen LogP contribution in [-0.2, 0) is 19.1 Å². The molecule has 2 rings (SSSR count). The number of carbonyl (C=O) groups is 3. The quantitative estimate of drug-likeness (QED) is 0.483. The highest BCUT2D eigenvalue weighted by Crippen LogP contribution is 2.26. The maximum absolute atomic E-state index is 12.5. The van der Waals surface area contributed by atoms with E-state index in [4.69, 9.17) is 0 Å². The number of anilines is 1. The van der Waals surface area contributed by atoms with Crippen molar-refractivity contribution in [3.8, 4) is 0 Å². The van der Waals surface area contributed by atoms with Crippen LogP contribution < -0.4 is 10.6 Å². The fraction of sp³-hybridized carbons (Fsp3) is 0.267. The summed E-state index contributed by atoms with van der Waals surface area (Å²) in [6, 6.07) is 5.37. The zero-order valence-electron chi connectivity index (χ0n) is 13.0. The number of nitrogens with zero attached hydrogens (tertiary/aromatic N) is 1. The van der Waals surface area contributed by atoms with Crippen molar-refractivity contribution in [3.63, 3.8) is 0 Å². The summed E-state index contributed by atoms with van der Waals surface area (Å²) in [6.45, 7) is 1.50. The van der Waals surface area contributed by atoms with Gasteiger partial charge in [0, 0.05) is 29.9 Å². The molecule has 0 aliphatic carbocycles. The Hall–Kier alpha value is -3.23. The molecule has 1 aliphatic heterocycles. The number of nitrogens with one attached hydrogen (secondary N) is 2. The molecule has 126 valence electrons. The van der Waals surface area contributed by atoms with Crippen LogP contribution in [0.1, 0.15) is 13.3 Å². The Balaban J connectivity index is 2.28. The predicted octanol–water partition coefficient (Wildman–Crippen LogP) is 1.12. The third kappa shape index (κ3) is 3.57. The van der Waals surface area contributed by atoms with Crippen molar-refractivity contribution < 1.29 is 24.0 Å². The predicted molar refractivity (Wildman–Crippen MR) is 82.7 cm³/mol. The molecule has 0 radical (unpaired) electrons. The normalized spacial score (nSPS) is 17.1. The van der Waals surface area contributed by atoms with Crippen LogP contribution >= 0.6 is 0 Å². The van der Waals surface area contributed by atoms with Crippen molar-refractivity contribution in [1.82, 2.24) is 5.32 Å². The number of carbonyl (C=O) groups excluding carboxylic acids is 3. The van der Waals surface area contributed by atoms with E-state index >= 15 is 0 Å². The minimum absolute atomic E-state index is 0.0556. The summed E-state index contributed by atoms with van der Waals surface area (Å²) in [5.74, 6) is -2.78. The van der Waals surface area contributed by atoms with Crippen molar-refractivity contribution >= 4 is 29.2 Å². The second-order valence-corrected chi connectivity index (χ2v) is 5.13. The van der Waals surface area contributed by atoms with Crippen molar-refractivity contribution in [2.45, 2.75) is 13.3 Å². The Labute approximate surface area is 136 Å². The van der Waals surface area contributed by atoms with Gasteiger partial charge in [-0.2, -0.15) is 0 Å². The van der Waals surface area contributed by atoms with Gasteiger partial charge in [0.15, 0.2) is 0 Å². The van der Waals surface area contributed by atoms with E-state index in [1.54, 1.807) is 0 Å². The number of amides is 2. The Kier molecular flexibility index (Phi) is 4.93. The molecule has 9 nitrogen and oxygen atoms in total. The number of hydrogen-bond acceptors (Lipinski definition) is 6. The highest BCUT2D eigenvalue weighted by atomic mass is 16.6. The average Bonchev–Trinajstić information content (AvgIpc) is 2.53. The largest absolute Gasteiger partial charge is 0.466 e. The third-order valence-electron chi connectivity index (χ3n) is 3.52. The molecule has 0 saturated carbocycles. The first-order valence-electron chi connectivity index (χ1n) is 6.97. The molecule has 1 heterocycles. The number of allylic oxidation sites excluding steroid dienone is 1. The zero-order chi connectivity index (χ0) is 17.9. The number of nitro benzene ring substituents is 1. The molecule has 1 aromatic carbocycles. The summed E-state index contributed by atoms with van der Waals surface area (Å²) >= 11 is 0. The van der Waals surface area contributed by atoms with Gasteiger partial charge < -0.3 is 15.4 Å². The lowest BCUT2D eigenvalue weighted by Crippen LogP contribution is -2.40. The topological polar surface area (TPSA) is 128 Å². The van der Waals surface area contributed by atoms with Gasteiger partial charge in [0.25, 0.3) is 5.69 Å². The lowest BCUT2D eigenvalue weighted by molar-refractivity contribution is -0.384. The van der Waals surface area contributed by atoms with Crippen molar-refractivity contribution in [1.29, 1.82) is 0 Å². The van der Waals surface area contributed by atoms with Crippen LogP contribution in [0.4, 0.5) is 11.4 Å². The number of methoxy groups -OCH3 is 1. The van der Waals surface area contributed by atoms with Crippen LogP contribution in [0.2, 0.25) is 0 Å². The van der Waals surface area contributed by atoms with Crippen LogP contribution in [-0.4, -0.2) is 29.8 Å². The molecule has 1 atom stereocenters. The first kappa shape index (κ1) is 17.1. The van der Waals surface area contributed by atoms with E-state index in [1.807, 2.05) is 0 Å². The first-order chi connectivity index (χ1) is 11.3. The Morgan fingerprint density at radius 1 is 1.42 bits per heavy atom. The van der Waals surface area contributed by atoms with Crippen LogP contribution in [0.3, 0.4) is 0 Å². The SMILES string of the molecule is COC(=O)C1=C(C)NC(=O)C[C@@H]1C(=O)Nc1cccc([N+](=O)[O-])c1. The Morgan fingerprint density at radius 2 is 2.12 bits per heavy atom. The number of esters is 1. The second-order valence-electron chi connectivity index (χ2n) is 5.13. The summed E-state index contributed by atoms with van der Waals surface area (Å²) < 4.78 is 4.66. The number of non-ortho nitro benzene ring substituents is 1. The van der Waals surface area contributed by atoms with Crippen LogP contribution in [0.25, 0.3) is 0 Å². The first-order valence-corrected chi connectivity index (χ1v) is 6.97. The summed E-state index contributed by atoms with van der Waals surface area (Å²) in [7, 11) is 1.18. The van der Waals surface area contributed by atoms with Crippen LogP contribution in [0, 0.1) is 16.0 Å². The van der Waals surface area contributed by atoms with E-state index in [-0.39, 0.29) is 29.1 Å². The summed E-state index contributed by atoms with van der Waals surface area (Å²) in [6.07, 6.45) is -0.220. The fourth-order valence-corrected chi connectivity index (χ4v) is 2.43. The number of rotatable bonds is 4. The summed E-state index contributed by atoms with van der Waals surface area (Å²) in [5.41, 5.74) is 0.313. The lowest BCUT2D eigenvalue weighted by Gasteiger charge is -2.25. The van der Waals surface area contributed by atoms with Gasteiger partial charge in [0.05, 0.1) is 23.5 Å². The van der Waals surface area contributed by atoms with E-state index in [0.29, 0.717) is 0 Å². The van der Waals surface area contributed by atoms with Gasteiger partial charge in [-0.25, -0.2) is 4.79 Å². The van der Waals surface area contributed by atoms with Crippen molar-refractivity contribution in [2.75, 3.05) is 12.4 Å². The monoisotopic (exact) mass is 333 g/mol. The zero-order valence-corrected chi connectivity index (χ0v) is 13.0. The molecule has 9 heteroatoms. The number of ether oxygens (including phenoxy) is 1. The molecule has 2 N–H and O–H groups in total. The number of nitro groups is 1. The molecule has 0 spiro atoms. The molecule has 0 aromatic heterocycles. The van der Waals surface area contributed by atoms with E-state index in [2.05, 4.69) is 15.4 Å². The van der Waals surface area contributed by atoms with Gasteiger partial charge in [-0.15, -0.1) is 0 Å².